The highest BCUT2D eigenvalue weighted by atomic mass is 19.4. The van der Waals surface area contributed by atoms with Crippen molar-refractivity contribution in [1.82, 2.24) is 5.32 Å². The van der Waals surface area contributed by atoms with Crippen LogP contribution in [0.15, 0.2) is 0 Å². The van der Waals surface area contributed by atoms with Crippen LogP contribution in [0, 0.1) is 11.8 Å². The summed E-state index contributed by atoms with van der Waals surface area (Å²) in [5.74, 6) is 5.54. The number of alkyl halides is 3. The third-order valence-corrected chi connectivity index (χ3v) is 1.79. The smallest absolute Gasteiger partial charge is 0.370 e. The first-order valence-electron chi connectivity index (χ1n) is 5.27. The molecule has 0 heterocycles. The largest absolute Gasteiger partial charge is 0.411 e. The standard InChI is InChI=1S/C11H18F3NO/c1-3-5-6-10(15-7-4-2)8-16-9-11(12,13)14/h10,15H,4,6-9H2,1-2H3. The van der Waals surface area contributed by atoms with Gasteiger partial charge in [0.15, 0.2) is 0 Å². The lowest BCUT2D eigenvalue weighted by atomic mass is 10.2. The molecule has 1 unspecified atom stereocenters. The van der Waals surface area contributed by atoms with E-state index >= 15 is 0 Å². The van der Waals surface area contributed by atoms with Gasteiger partial charge in [0.05, 0.1) is 6.61 Å². The Morgan fingerprint density at radius 3 is 2.56 bits per heavy atom. The molecule has 0 aliphatic heterocycles. The van der Waals surface area contributed by atoms with Crippen LogP contribution >= 0.6 is 0 Å². The second-order valence-corrected chi connectivity index (χ2v) is 3.41. The topological polar surface area (TPSA) is 21.3 Å². The van der Waals surface area contributed by atoms with Gasteiger partial charge in [0.2, 0.25) is 0 Å². The van der Waals surface area contributed by atoms with Gasteiger partial charge in [0, 0.05) is 12.5 Å². The number of hydrogen-bond acceptors (Lipinski definition) is 2. The molecule has 0 fully saturated rings. The number of hydrogen-bond donors (Lipinski definition) is 1. The minimum absolute atomic E-state index is 0.0359. The molecule has 0 amide bonds. The maximum absolute atomic E-state index is 11.8. The summed E-state index contributed by atoms with van der Waals surface area (Å²) < 4.78 is 40.1. The Kier molecular flexibility index (Phi) is 8.04. The average molecular weight is 237 g/mol. The lowest BCUT2D eigenvalue weighted by molar-refractivity contribution is -0.175. The molecule has 0 aromatic heterocycles. The Hall–Kier alpha value is -0.730. The van der Waals surface area contributed by atoms with Crippen LogP contribution in [0.3, 0.4) is 0 Å². The van der Waals surface area contributed by atoms with Crippen LogP contribution < -0.4 is 5.32 Å². The Morgan fingerprint density at radius 2 is 2.06 bits per heavy atom. The quantitative estimate of drug-likeness (QED) is 0.686. The Bertz CT molecular complexity index is 230. The first kappa shape index (κ1) is 15.3. The van der Waals surface area contributed by atoms with E-state index in [4.69, 9.17) is 0 Å². The van der Waals surface area contributed by atoms with E-state index in [-0.39, 0.29) is 12.6 Å². The first-order valence-corrected chi connectivity index (χ1v) is 5.27. The van der Waals surface area contributed by atoms with Crippen LogP contribution in [0.2, 0.25) is 0 Å². The van der Waals surface area contributed by atoms with Gasteiger partial charge in [-0.2, -0.15) is 13.2 Å². The molecule has 16 heavy (non-hydrogen) atoms. The number of nitrogens with one attached hydrogen (secondary N) is 1. The second-order valence-electron chi connectivity index (χ2n) is 3.41. The molecule has 1 N–H and O–H groups in total. The van der Waals surface area contributed by atoms with E-state index in [1.54, 1.807) is 6.92 Å². The monoisotopic (exact) mass is 237 g/mol. The van der Waals surface area contributed by atoms with Crippen molar-refractivity contribution in [2.24, 2.45) is 0 Å². The highest BCUT2D eigenvalue weighted by Gasteiger charge is 2.27. The minimum Gasteiger partial charge on any atom is -0.370 e. The molecule has 0 bridgehead atoms. The van der Waals surface area contributed by atoms with Gasteiger partial charge in [0.25, 0.3) is 0 Å². The third kappa shape index (κ3) is 9.81. The van der Waals surface area contributed by atoms with E-state index in [0.29, 0.717) is 6.42 Å². The summed E-state index contributed by atoms with van der Waals surface area (Å²) in [6.07, 6.45) is -2.82. The van der Waals surface area contributed by atoms with Gasteiger partial charge < -0.3 is 10.1 Å². The molecule has 0 aromatic carbocycles. The fraction of sp³-hybridized carbons (Fsp3) is 0.818. The molecular formula is C11H18F3NO. The fourth-order valence-electron chi connectivity index (χ4n) is 1.08. The SMILES string of the molecule is CC#CCC(COCC(F)(F)F)NCCC. The van der Waals surface area contributed by atoms with E-state index < -0.39 is 12.8 Å². The van der Waals surface area contributed by atoms with Gasteiger partial charge in [-0.3, -0.25) is 0 Å². The minimum atomic E-state index is -4.26. The zero-order chi connectivity index (χ0) is 12.4. The van der Waals surface area contributed by atoms with E-state index in [1.807, 2.05) is 6.92 Å². The summed E-state index contributed by atoms with van der Waals surface area (Å²) in [6.45, 7) is 3.29. The number of ether oxygens (including phenoxy) is 1. The summed E-state index contributed by atoms with van der Waals surface area (Å²) >= 11 is 0. The van der Waals surface area contributed by atoms with Gasteiger partial charge in [-0.05, 0) is 19.9 Å². The highest BCUT2D eigenvalue weighted by molar-refractivity contribution is 4.98. The Morgan fingerprint density at radius 1 is 1.38 bits per heavy atom. The summed E-state index contributed by atoms with van der Waals surface area (Å²) in [6, 6.07) is -0.130. The fourth-order valence-corrected chi connectivity index (χ4v) is 1.08. The lowest BCUT2D eigenvalue weighted by Crippen LogP contribution is -2.35. The predicted molar refractivity (Wildman–Crippen MR) is 57.0 cm³/mol. The molecule has 0 aliphatic rings. The molecule has 1 atom stereocenters. The molecule has 94 valence electrons. The molecular weight excluding hydrogens is 219 g/mol. The van der Waals surface area contributed by atoms with Gasteiger partial charge in [-0.1, -0.05) is 6.92 Å². The predicted octanol–water partition coefficient (Wildman–Crippen LogP) is 2.35. The van der Waals surface area contributed by atoms with Crippen LogP contribution in [0.25, 0.3) is 0 Å². The zero-order valence-corrected chi connectivity index (χ0v) is 9.66. The maximum Gasteiger partial charge on any atom is 0.411 e. The van der Waals surface area contributed by atoms with E-state index in [9.17, 15) is 13.2 Å². The second kappa shape index (κ2) is 8.43. The molecule has 0 aromatic rings. The van der Waals surface area contributed by atoms with Crippen LogP contribution in [0.5, 0.6) is 0 Å². The molecule has 0 rings (SSSR count). The van der Waals surface area contributed by atoms with Crippen LogP contribution in [0.4, 0.5) is 13.2 Å². The van der Waals surface area contributed by atoms with E-state index in [1.165, 1.54) is 0 Å². The van der Waals surface area contributed by atoms with Crippen molar-refractivity contribution in [2.75, 3.05) is 19.8 Å². The molecule has 0 radical (unpaired) electrons. The molecule has 0 saturated carbocycles. The summed E-state index contributed by atoms with van der Waals surface area (Å²) in [4.78, 5) is 0. The van der Waals surface area contributed by atoms with Crippen molar-refractivity contribution in [1.29, 1.82) is 0 Å². The molecule has 5 heteroatoms. The third-order valence-electron chi connectivity index (χ3n) is 1.79. The Balaban J connectivity index is 3.84. The van der Waals surface area contributed by atoms with Crippen molar-refractivity contribution in [3.8, 4) is 11.8 Å². The van der Waals surface area contributed by atoms with Crippen LogP contribution in [0.1, 0.15) is 26.7 Å². The summed E-state index contributed by atoms with van der Waals surface area (Å²) in [5, 5.41) is 3.10. The van der Waals surface area contributed by atoms with Crippen molar-refractivity contribution >= 4 is 0 Å². The van der Waals surface area contributed by atoms with Crippen molar-refractivity contribution in [2.45, 2.75) is 38.9 Å². The van der Waals surface area contributed by atoms with Gasteiger partial charge in [-0.25, -0.2) is 0 Å². The normalized spacial score (nSPS) is 13.1. The Labute approximate surface area is 94.5 Å². The number of rotatable bonds is 7. The van der Waals surface area contributed by atoms with Gasteiger partial charge in [-0.15, -0.1) is 11.8 Å². The van der Waals surface area contributed by atoms with Crippen LogP contribution in [-0.2, 0) is 4.74 Å². The zero-order valence-electron chi connectivity index (χ0n) is 9.66. The molecule has 2 nitrogen and oxygen atoms in total. The average Bonchev–Trinajstić information content (AvgIpc) is 2.19. The summed E-state index contributed by atoms with van der Waals surface area (Å²) in [5.41, 5.74) is 0. The van der Waals surface area contributed by atoms with Gasteiger partial charge >= 0.3 is 6.18 Å². The van der Waals surface area contributed by atoms with Crippen molar-refractivity contribution in [3.05, 3.63) is 0 Å². The van der Waals surface area contributed by atoms with Crippen LogP contribution in [-0.4, -0.2) is 32.0 Å². The van der Waals surface area contributed by atoms with E-state index in [0.717, 1.165) is 13.0 Å². The molecule has 0 spiro atoms. The number of halogens is 3. The van der Waals surface area contributed by atoms with Crippen molar-refractivity contribution in [3.63, 3.8) is 0 Å². The van der Waals surface area contributed by atoms with Gasteiger partial charge in [0.1, 0.15) is 6.61 Å². The first-order chi connectivity index (χ1) is 7.49. The lowest BCUT2D eigenvalue weighted by Gasteiger charge is -2.16. The summed E-state index contributed by atoms with van der Waals surface area (Å²) in [7, 11) is 0. The highest BCUT2D eigenvalue weighted by Crippen LogP contribution is 2.14. The van der Waals surface area contributed by atoms with E-state index in [2.05, 4.69) is 21.9 Å². The van der Waals surface area contributed by atoms with Crippen molar-refractivity contribution < 1.29 is 17.9 Å². The maximum atomic E-state index is 11.8. The molecule has 0 aliphatic carbocycles. The molecule has 0 saturated heterocycles.